The smallest absolute Gasteiger partial charge is 0.433 e. The van der Waals surface area contributed by atoms with Crippen LogP contribution in [0.15, 0.2) is 30.3 Å². The highest BCUT2D eigenvalue weighted by Gasteiger charge is 2.63. The molecule has 2 bridgehead atoms. The van der Waals surface area contributed by atoms with Crippen molar-refractivity contribution in [1.29, 1.82) is 0 Å². The Kier molecular flexibility index (Phi) is 6.03. The summed E-state index contributed by atoms with van der Waals surface area (Å²) in [7, 11) is 0. The van der Waals surface area contributed by atoms with E-state index < -0.39 is 22.9 Å². The predicted molar refractivity (Wildman–Crippen MR) is 135 cm³/mol. The summed E-state index contributed by atoms with van der Waals surface area (Å²) in [6.45, 7) is 4.45. The molecule has 2 saturated heterocycles. The Morgan fingerprint density at radius 3 is 2.61 bits per heavy atom. The van der Waals surface area contributed by atoms with E-state index in [9.17, 15) is 28.2 Å². The number of aromatic hydroxyl groups is 1. The molecule has 1 aromatic heterocycles. The molecule has 6 rings (SSSR count). The number of nitrogens with zero attached hydrogens (tertiary/aromatic N) is 3. The maximum atomic E-state index is 13.3. The monoisotopic (exact) mass is 529 g/mol. The van der Waals surface area contributed by atoms with Crippen molar-refractivity contribution in [2.45, 2.75) is 75.1 Å². The summed E-state index contributed by atoms with van der Waals surface area (Å²) >= 11 is 0. The third-order valence-electron chi connectivity index (χ3n) is 9.54. The van der Waals surface area contributed by atoms with Crippen LogP contribution in [0.3, 0.4) is 0 Å². The standard InChI is InChI=1S/C29H34F3N3O3/c1-18-13-20-14-25-28(38)9-12-34(26(37)15-21-3-2-4-24(33-21)29(30,31)32)10-7-27(28,22(20)16-23(18)36)8-11-35(25)17-19-5-6-19/h2-4,13,16,19,25,36,38H,5-12,14-15,17H2,1H3. The van der Waals surface area contributed by atoms with Crippen LogP contribution < -0.4 is 0 Å². The lowest BCUT2D eigenvalue weighted by Crippen LogP contribution is -2.71. The number of alkyl halides is 3. The van der Waals surface area contributed by atoms with E-state index in [0.29, 0.717) is 38.3 Å². The minimum Gasteiger partial charge on any atom is -0.508 e. The number of rotatable bonds is 4. The zero-order valence-corrected chi connectivity index (χ0v) is 21.6. The van der Waals surface area contributed by atoms with Crippen molar-refractivity contribution in [2.24, 2.45) is 5.92 Å². The van der Waals surface area contributed by atoms with Crippen LogP contribution in [0.2, 0.25) is 0 Å². The van der Waals surface area contributed by atoms with Gasteiger partial charge < -0.3 is 15.1 Å². The Hall–Kier alpha value is -2.65. The van der Waals surface area contributed by atoms with Crippen molar-refractivity contribution < 1.29 is 28.2 Å². The lowest BCUT2D eigenvalue weighted by atomic mass is 9.52. The zero-order chi connectivity index (χ0) is 26.9. The first kappa shape index (κ1) is 25.6. The third kappa shape index (κ3) is 4.18. The average molecular weight is 530 g/mol. The maximum Gasteiger partial charge on any atom is 0.433 e. The Morgan fingerprint density at radius 2 is 1.87 bits per heavy atom. The Morgan fingerprint density at radius 1 is 1.13 bits per heavy atom. The van der Waals surface area contributed by atoms with E-state index in [2.05, 4.69) is 9.88 Å². The summed E-state index contributed by atoms with van der Waals surface area (Å²) in [4.78, 5) is 21.1. The summed E-state index contributed by atoms with van der Waals surface area (Å²) in [5.41, 5.74) is 0.370. The number of aryl methyl sites for hydroxylation is 1. The highest BCUT2D eigenvalue weighted by molar-refractivity contribution is 5.78. The highest BCUT2D eigenvalue weighted by atomic mass is 19.4. The molecule has 204 valence electrons. The Bertz CT molecular complexity index is 1260. The van der Waals surface area contributed by atoms with Gasteiger partial charge in [-0.15, -0.1) is 0 Å². The second-order valence-corrected chi connectivity index (χ2v) is 11.8. The van der Waals surface area contributed by atoms with Crippen LogP contribution in [0.1, 0.15) is 60.2 Å². The van der Waals surface area contributed by atoms with Gasteiger partial charge in [0.05, 0.1) is 17.7 Å². The molecule has 2 aromatic rings. The number of carbonyl (C=O) groups excluding carboxylic acids is 1. The normalized spacial score (nSPS) is 29.4. The molecule has 0 radical (unpaired) electrons. The van der Waals surface area contributed by atoms with E-state index in [0.717, 1.165) is 42.3 Å². The molecule has 2 aliphatic carbocycles. The number of phenolic OH excluding ortho intramolecular Hbond substituents is 1. The minimum atomic E-state index is -4.57. The molecule has 38 heavy (non-hydrogen) atoms. The SMILES string of the molecule is Cc1cc2c(cc1O)C13CCN(C(=O)Cc4cccc(C(F)(F)F)n4)CCC1(O)C(C2)N(CC1CC1)CC3. The number of fused-ring (bicyclic) bond motifs is 1. The van der Waals surface area contributed by atoms with Crippen LogP contribution in [0.25, 0.3) is 0 Å². The van der Waals surface area contributed by atoms with Crippen molar-refractivity contribution >= 4 is 5.91 Å². The van der Waals surface area contributed by atoms with E-state index >= 15 is 0 Å². The maximum absolute atomic E-state index is 13.3. The van der Waals surface area contributed by atoms with E-state index in [4.69, 9.17) is 0 Å². The quantitative estimate of drug-likeness (QED) is 0.627. The number of pyridine rings is 1. The second-order valence-electron chi connectivity index (χ2n) is 11.8. The van der Waals surface area contributed by atoms with Gasteiger partial charge in [-0.25, -0.2) is 4.98 Å². The number of phenols is 1. The molecule has 1 aromatic carbocycles. The number of amides is 1. The summed E-state index contributed by atoms with van der Waals surface area (Å²) in [5.74, 6) is 0.608. The van der Waals surface area contributed by atoms with Gasteiger partial charge in [-0.1, -0.05) is 12.1 Å². The van der Waals surface area contributed by atoms with Gasteiger partial charge in [0.1, 0.15) is 11.4 Å². The van der Waals surface area contributed by atoms with Crippen LogP contribution in [0, 0.1) is 12.8 Å². The van der Waals surface area contributed by atoms with Crippen LogP contribution in [0.4, 0.5) is 13.2 Å². The van der Waals surface area contributed by atoms with Crippen LogP contribution in [0.5, 0.6) is 5.75 Å². The van der Waals surface area contributed by atoms with Gasteiger partial charge >= 0.3 is 6.18 Å². The molecule has 4 aliphatic rings. The number of halogens is 3. The molecular formula is C29H34F3N3O3. The van der Waals surface area contributed by atoms with Crippen LogP contribution in [-0.4, -0.2) is 68.7 Å². The van der Waals surface area contributed by atoms with E-state index in [1.54, 1.807) is 4.90 Å². The number of benzene rings is 1. The molecule has 0 spiro atoms. The fourth-order valence-electron chi connectivity index (χ4n) is 7.30. The number of hydrogen-bond acceptors (Lipinski definition) is 5. The number of aromatic nitrogens is 1. The summed E-state index contributed by atoms with van der Waals surface area (Å²) in [6.07, 6.45) is 0.0145. The van der Waals surface area contributed by atoms with Gasteiger partial charge in [0.15, 0.2) is 0 Å². The second kappa shape index (κ2) is 8.95. The molecule has 3 unspecified atom stereocenters. The first-order valence-corrected chi connectivity index (χ1v) is 13.6. The van der Waals surface area contributed by atoms with Crippen molar-refractivity contribution in [3.63, 3.8) is 0 Å². The van der Waals surface area contributed by atoms with Gasteiger partial charge in [-0.05, 0) is 92.8 Å². The van der Waals surface area contributed by atoms with Crippen molar-refractivity contribution in [3.8, 4) is 5.75 Å². The van der Waals surface area contributed by atoms with Crippen LogP contribution >= 0.6 is 0 Å². The van der Waals surface area contributed by atoms with E-state index in [1.807, 2.05) is 19.1 Å². The Labute approximate surface area is 220 Å². The molecule has 2 N–H and O–H groups in total. The summed E-state index contributed by atoms with van der Waals surface area (Å²) in [5, 5.41) is 23.2. The summed E-state index contributed by atoms with van der Waals surface area (Å²) in [6, 6.07) is 7.43. The van der Waals surface area contributed by atoms with Gasteiger partial charge in [0.25, 0.3) is 0 Å². The zero-order valence-electron chi connectivity index (χ0n) is 21.6. The molecular weight excluding hydrogens is 495 g/mol. The molecule has 2 aliphatic heterocycles. The molecule has 3 fully saturated rings. The van der Waals surface area contributed by atoms with Gasteiger partial charge in [-0.2, -0.15) is 13.2 Å². The fraction of sp³-hybridized carbons (Fsp3) is 0.586. The largest absolute Gasteiger partial charge is 0.508 e. The molecule has 6 nitrogen and oxygen atoms in total. The van der Waals surface area contributed by atoms with Crippen LogP contribution in [-0.2, 0) is 29.2 Å². The van der Waals surface area contributed by atoms with Crippen molar-refractivity contribution in [3.05, 3.63) is 58.4 Å². The summed E-state index contributed by atoms with van der Waals surface area (Å²) < 4.78 is 39.4. The van der Waals surface area contributed by atoms with Crippen molar-refractivity contribution in [1.82, 2.24) is 14.8 Å². The van der Waals surface area contributed by atoms with Crippen molar-refractivity contribution in [2.75, 3.05) is 26.2 Å². The molecule has 1 amide bonds. The van der Waals surface area contributed by atoms with Gasteiger partial charge in [0.2, 0.25) is 5.91 Å². The number of likely N-dealkylation sites (tertiary alicyclic amines) is 2. The first-order chi connectivity index (χ1) is 18.0. The Balaban J connectivity index is 1.31. The lowest BCUT2D eigenvalue weighted by molar-refractivity contribution is -0.149. The number of piperidine rings is 1. The minimum absolute atomic E-state index is 0.0755. The van der Waals surface area contributed by atoms with E-state index in [-0.39, 0.29) is 29.8 Å². The third-order valence-corrected chi connectivity index (χ3v) is 9.54. The number of aliphatic hydroxyl groups is 1. The van der Waals surface area contributed by atoms with E-state index in [1.165, 1.54) is 25.0 Å². The topological polar surface area (TPSA) is 76.9 Å². The molecule has 1 saturated carbocycles. The van der Waals surface area contributed by atoms with Gasteiger partial charge in [-0.3, -0.25) is 9.69 Å². The first-order valence-electron chi connectivity index (χ1n) is 13.6. The predicted octanol–water partition coefficient (Wildman–Crippen LogP) is 3.99. The molecule has 9 heteroatoms. The average Bonchev–Trinajstić information content (AvgIpc) is 3.69. The van der Waals surface area contributed by atoms with Gasteiger partial charge in [0, 0.05) is 31.1 Å². The molecule has 3 atom stereocenters. The highest BCUT2D eigenvalue weighted by Crippen LogP contribution is 2.57. The number of hydrogen-bond donors (Lipinski definition) is 2. The molecule has 3 heterocycles. The fourth-order valence-corrected chi connectivity index (χ4v) is 7.30. The lowest BCUT2D eigenvalue weighted by Gasteiger charge is -2.61. The number of carbonyl (C=O) groups is 1.